The van der Waals surface area contributed by atoms with E-state index in [-0.39, 0.29) is 5.91 Å². The van der Waals surface area contributed by atoms with Gasteiger partial charge in [0.2, 0.25) is 5.91 Å². The molecule has 0 atom stereocenters. The molecule has 0 heterocycles. The van der Waals surface area contributed by atoms with Crippen molar-refractivity contribution < 1.29 is 24.2 Å². The van der Waals surface area contributed by atoms with Crippen LogP contribution < -0.4 is 14.8 Å². The Kier molecular flexibility index (Phi) is 5.87. The summed E-state index contributed by atoms with van der Waals surface area (Å²) in [4.78, 5) is 23.4. The number of anilines is 1. The van der Waals surface area contributed by atoms with Crippen molar-refractivity contribution in [3.8, 4) is 11.5 Å². The summed E-state index contributed by atoms with van der Waals surface area (Å²) in [6.07, 6.45) is 0. The number of nitrogens with one attached hydrogen (secondary N) is 1. The molecule has 0 radical (unpaired) electrons. The zero-order valence-electron chi connectivity index (χ0n) is 15.3. The summed E-state index contributed by atoms with van der Waals surface area (Å²) in [5.74, 6) is -0.0127. The first-order chi connectivity index (χ1) is 12.2. The van der Waals surface area contributed by atoms with Crippen molar-refractivity contribution in [2.75, 3.05) is 19.0 Å². The first-order valence-corrected chi connectivity index (χ1v) is 8.15. The minimum absolute atomic E-state index is 0.148. The molecular weight excluding hydrogens is 334 g/mol. The van der Waals surface area contributed by atoms with Gasteiger partial charge in [-0.15, -0.1) is 0 Å². The fraction of sp³-hybridized carbons (Fsp3) is 0.300. The highest BCUT2D eigenvalue weighted by Gasteiger charge is 2.30. The largest absolute Gasteiger partial charge is 0.497 e. The molecule has 0 saturated heterocycles. The molecule has 0 saturated carbocycles. The number of hydrogen-bond donors (Lipinski definition) is 2. The van der Waals surface area contributed by atoms with Crippen LogP contribution >= 0.6 is 0 Å². The zero-order valence-corrected chi connectivity index (χ0v) is 15.3. The average Bonchev–Trinajstić information content (AvgIpc) is 2.61. The molecular formula is C20H23NO5. The maximum atomic E-state index is 12.8. The van der Waals surface area contributed by atoms with Crippen LogP contribution in [0.15, 0.2) is 42.5 Å². The van der Waals surface area contributed by atoms with Crippen LogP contribution in [0.2, 0.25) is 0 Å². The Bertz CT molecular complexity index is 796. The molecule has 0 spiro atoms. The van der Waals surface area contributed by atoms with E-state index in [0.717, 1.165) is 16.9 Å². The van der Waals surface area contributed by atoms with E-state index in [1.807, 2.05) is 45.0 Å². The number of methoxy groups -OCH3 is 1. The number of ether oxygens (including phenoxy) is 2. The lowest BCUT2D eigenvalue weighted by Crippen LogP contribution is -2.34. The molecule has 26 heavy (non-hydrogen) atoms. The lowest BCUT2D eigenvalue weighted by atomic mass is 9.83. The van der Waals surface area contributed by atoms with Gasteiger partial charge in [0, 0.05) is 5.69 Å². The van der Waals surface area contributed by atoms with Crippen LogP contribution in [-0.4, -0.2) is 30.7 Å². The van der Waals surface area contributed by atoms with Gasteiger partial charge in [0.25, 0.3) is 0 Å². The van der Waals surface area contributed by atoms with Crippen LogP contribution in [0.1, 0.15) is 25.0 Å². The first-order valence-electron chi connectivity index (χ1n) is 8.15. The molecule has 0 aliphatic heterocycles. The summed E-state index contributed by atoms with van der Waals surface area (Å²) in [5, 5.41) is 11.6. The van der Waals surface area contributed by atoms with Crippen molar-refractivity contribution in [3.05, 3.63) is 53.6 Å². The third-order valence-electron chi connectivity index (χ3n) is 4.19. The lowest BCUT2D eigenvalue weighted by molar-refractivity contribution is -0.139. The Balaban J connectivity index is 2.13. The van der Waals surface area contributed by atoms with E-state index in [1.54, 1.807) is 25.3 Å². The average molecular weight is 357 g/mol. The van der Waals surface area contributed by atoms with Crippen LogP contribution in [0.4, 0.5) is 5.69 Å². The molecule has 2 aromatic rings. The number of carboxylic acid groups (broad SMARTS) is 1. The molecule has 0 aliphatic rings. The monoisotopic (exact) mass is 357 g/mol. The highest BCUT2D eigenvalue weighted by Crippen LogP contribution is 2.28. The van der Waals surface area contributed by atoms with Gasteiger partial charge >= 0.3 is 5.97 Å². The van der Waals surface area contributed by atoms with Crippen LogP contribution in [0.25, 0.3) is 0 Å². The summed E-state index contributed by atoms with van der Waals surface area (Å²) >= 11 is 0. The predicted molar refractivity (Wildman–Crippen MR) is 99.0 cm³/mol. The Morgan fingerprint density at radius 2 is 1.69 bits per heavy atom. The Labute approximate surface area is 152 Å². The van der Waals surface area contributed by atoms with Gasteiger partial charge in [-0.1, -0.05) is 12.1 Å². The number of carbonyl (C=O) groups excluding carboxylic acids is 1. The first kappa shape index (κ1) is 19.3. The Morgan fingerprint density at radius 3 is 2.23 bits per heavy atom. The van der Waals surface area contributed by atoms with E-state index in [0.29, 0.717) is 11.4 Å². The van der Waals surface area contributed by atoms with Gasteiger partial charge in [-0.05, 0) is 62.2 Å². The van der Waals surface area contributed by atoms with Crippen molar-refractivity contribution in [1.82, 2.24) is 0 Å². The second kappa shape index (κ2) is 7.91. The Morgan fingerprint density at radius 1 is 1.08 bits per heavy atom. The van der Waals surface area contributed by atoms with Crippen molar-refractivity contribution in [3.63, 3.8) is 0 Å². The standard InChI is InChI=1S/C20H23NO5/c1-13-11-16(26-12-18(22)23)9-10-17(13)21-19(24)20(2,3)14-5-7-15(25-4)8-6-14/h5-11H,12H2,1-4H3,(H,21,24)(H,22,23). The minimum atomic E-state index is -1.04. The molecule has 2 rings (SSSR count). The second-order valence-corrected chi connectivity index (χ2v) is 6.47. The highest BCUT2D eigenvalue weighted by atomic mass is 16.5. The number of hydrogen-bond acceptors (Lipinski definition) is 4. The van der Waals surface area contributed by atoms with Gasteiger partial charge in [0.15, 0.2) is 6.61 Å². The second-order valence-electron chi connectivity index (χ2n) is 6.47. The van der Waals surface area contributed by atoms with Crippen molar-refractivity contribution >= 4 is 17.6 Å². The molecule has 0 unspecified atom stereocenters. The third kappa shape index (κ3) is 4.53. The quantitative estimate of drug-likeness (QED) is 0.793. The normalized spacial score (nSPS) is 10.9. The molecule has 6 nitrogen and oxygen atoms in total. The van der Waals surface area contributed by atoms with Crippen LogP contribution in [0, 0.1) is 6.92 Å². The molecule has 1 amide bonds. The summed E-state index contributed by atoms with van der Waals surface area (Å²) < 4.78 is 10.3. The molecule has 6 heteroatoms. The van der Waals surface area contributed by atoms with Gasteiger partial charge in [-0.25, -0.2) is 4.79 Å². The molecule has 138 valence electrons. The number of aliphatic carboxylic acids is 1. The predicted octanol–water partition coefficient (Wildman–Crippen LogP) is 3.38. The van der Waals surface area contributed by atoms with Crippen LogP contribution in [0.5, 0.6) is 11.5 Å². The number of benzene rings is 2. The van der Waals surface area contributed by atoms with Crippen LogP contribution in [-0.2, 0) is 15.0 Å². The van der Waals surface area contributed by atoms with Gasteiger partial charge in [-0.2, -0.15) is 0 Å². The highest BCUT2D eigenvalue weighted by molar-refractivity contribution is 5.99. The van der Waals surface area contributed by atoms with Crippen molar-refractivity contribution in [2.45, 2.75) is 26.2 Å². The fourth-order valence-electron chi connectivity index (χ4n) is 2.43. The van der Waals surface area contributed by atoms with Gasteiger partial charge < -0.3 is 19.9 Å². The van der Waals surface area contributed by atoms with E-state index < -0.39 is 18.0 Å². The summed E-state index contributed by atoms with van der Waals surface area (Å²) in [6.45, 7) is 5.12. The Hall–Kier alpha value is -3.02. The topological polar surface area (TPSA) is 84.9 Å². The maximum Gasteiger partial charge on any atom is 0.341 e. The number of amides is 1. The van der Waals surface area contributed by atoms with E-state index in [2.05, 4.69) is 5.32 Å². The summed E-state index contributed by atoms with van der Waals surface area (Å²) in [7, 11) is 1.60. The van der Waals surface area contributed by atoms with E-state index in [9.17, 15) is 9.59 Å². The van der Waals surface area contributed by atoms with E-state index >= 15 is 0 Å². The number of aryl methyl sites for hydroxylation is 1. The van der Waals surface area contributed by atoms with Crippen LogP contribution in [0.3, 0.4) is 0 Å². The fourth-order valence-corrected chi connectivity index (χ4v) is 2.43. The molecule has 0 aromatic heterocycles. The molecule has 0 aliphatic carbocycles. The van der Waals surface area contributed by atoms with E-state index in [4.69, 9.17) is 14.6 Å². The van der Waals surface area contributed by atoms with E-state index in [1.165, 1.54) is 0 Å². The molecule has 2 aromatic carbocycles. The molecule has 0 bridgehead atoms. The number of rotatable bonds is 7. The van der Waals surface area contributed by atoms with Gasteiger partial charge in [0.1, 0.15) is 11.5 Å². The zero-order chi connectivity index (χ0) is 19.3. The van der Waals surface area contributed by atoms with Gasteiger partial charge in [-0.3, -0.25) is 4.79 Å². The smallest absolute Gasteiger partial charge is 0.341 e. The molecule has 0 fully saturated rings. The van der Waals surface area contributed by atoms with Gasteiger partial charge in [0.05, 0.1) is 12.5 Å². The summed E-state index contributed by atoms with van der Waals surface area (Å²) in [5.41, 5.74) is 1.57. The molecule has 2 N–H and O–H groups in total. The third-order valence-corrected chi connectivity index (χ3v) is 4.19. The lowest BCUT2D eigenvalue weighted by Gasteiger charge is -2.25. The van der Waals surface area contributed by atoms with Crippen molar-refractivity contribution in [2.24, 2.45) is 0 Å². The minimum Gasteiger partial charge on any atom is -0.497 e. The maximum absolute atomic E-state index is 12.8. The number of carbonyl (C=O) groups is 2. The SMILES string of the molecule is COc1ccc(C(C)(C)C(=O)Nc2ccc(OCC(=O)O)cc2C)cc1. The summed E-state index contributed by atoms with van der Waals surface area (Å²) in [6, 6.07) is 12.4. The van der Waals surface area contributed by atoms with Crippen molar-refractivity contribution in [1.29, 1.82) is 0 Å². The number of carboxylic acids is 1.